The number of aromatic nitrogens is 4. The number of nitrogens with zero attached hydrogens (tertiary/aromatic N) is 4. The highest BCUT2D eigenvalue weighted by molar-refractivity contribution is 7.98. The van der Waals surface area contributed by atoms with E-state index in [1.807, 2.05) is 41.7 Å². The zero-order valence-corrected chi connectivity index (χ0v) is 13.2. The van der Waals surface area contributed by atoms with Crippen molar-refractivity contribution in [3.05, 3.63) is 65.7 Å². The Labute approximate surface area is 136 Å². The molecule has 0 spiro atoms. The highest BCUT2D eigenvalue weighted by Gasteiger charge is 2.13. The summed E-state index contributed by atoms with van der Waals surface area (Å²) in [6.45, 7) is 1.91. The normalized spacial score (nSPS) is 11.4. The summed E-state index contributed by atoms with van der Waals surface area (Å²) < 4.78 is 15.8. The molecule has 0 radical (unpaired) electrons. The minimum absolute atomic E-state index is 0.200. The van der Waals surface area contributed by atoms with Crippen LogP contribution >= 0.6 is 11.8 Å². The Kier molecular flexibility index (Phi) is 3.46. The van der Waals surface area contributed by atoms with Crippen molar-refractivity contribution in [2.75, 3.05) is 0 Å². The molecule has 4 rings (SSSR count). The largest absolute Gasteiger partial charge is 0.275 e. The first-order chi connectivity index (χ1) is 11.2. The van der Waals surface area contributed by atoms with E-state index in [9.17, 15) is 4.39 Å². The number of fused-ring (bicyclic) bond motifs is 3. The van der Waals surface area contributed by atoms with E-state index in [-0.39, 0.29) is 5.82 Å². The van der Waals surface area contributed by atoms with Gasteiger partial charge >= 0.3 is 0 Å². The number of hydrogen-bond acceptors (Lipinski definition) is 4. The monoisotopic (exact) mass is 324 g/mol. The lowest BCUT2D eigenvalue weighted by atomic mass is 10.2. The highest BCUT2D eigenvalue weighted by atomic mass is 32.2. The molecule has 0 unspecified atom stereocenters. The van der Waals surface area contributed by atoms with Crippen LogP contribution < -0.4 is 0 Å². The van der Waals surface area contributed by atoms with Crippen molar-refractivity contribution in [3.8, 4) is 0 Å². The number of thioether (sulfide) groups is 1. The van der Waals surface area contributed by atoms with Crippen LogP contribution in [0, 0.1) is 12.7 Å². The Hall–Kier alpha value is -2.47. The number of aryl methyl sites for hydroxylation is 1. The van der Waals surface area contributed by atoms with Crippen molar-refractivity contribution in [2.24, 2.45) is 0 Å². The van der Waals surface area contributed by atoms with Gasteiger partial charge < -0.3 is 0 Å². The van der Waals surface area contributed by atoms with Gasteiger partial charge in [0.05, 0.1) is 11.0 Å². The molecule has 2 heterocycles. The number of halogens is 1. The predicted molar refractivity (Wildman–Crippen MR) is 89.0 cm³/mol. The van der Waals surface area contributed by atoms with Gasteiger partial charge in [0, 0.05) is 5.75 Å². The average molecular weight is 324 g/mol. The molecule has 0 fully saturated rings. The molecule has 0 aliphatic rings. The lowest BCUT2D eigenvalue weighted by molar-refractivity contribution is 0.617. The van der Waals surface area contributed by atoms with Gasteiger partial charge in [-0.3, -0.25) is 4.40 Å². The van der Waals surface area contributed by atoms with Crippen molar-refractivity contribution in [3.63, 3.8) is 0 Å². The summed E-state index contributed by atoms with van der Waals surface area (Å²) in [5, 5.41) is 9.16. The van der Waals surface area contributed by atoms with Crippen LogP contribution in [0.15, 0.2) is 53.6 Å². The highest BCUT2D eigenvalue weighted by Crippen LogP contribution is 2.28. The smallest absolute Gasteiger partial charge is 0.193 e. The summed E-state index contributed by atoms with van der Waals surface area (Å²) in [4.78, 5) is 4.68. The maximum atomic E-state index is 13.8. The summed E-state index contributed by atoms with van der Waals surface area (Å²) in [7, 11) is 0. The van der Waals surface area contributed by atoms with Crippen LogP contribution in [-0.2, 0) is 5.75 Å². The topological polar surface area (TPSA) is 43.1 Å². The molecule has 2 aromatic carbocycles. The van der Waals surface area contributed by atoms with Gasteiger partial charge in [-0.25, -0.2) is 9.37 Å². The molecule has 23 heavy (non-hydrogen) atoms. The molecule has 0 saturated heterocycles. The quantitative estimate of drug-likeness (QED) is 0.534. The molecule has 0 N–H and O–H groups in total. The molecule has 114 valence electrons. The van der Waals surface area contributed by atoms with E-state index >= 15 is 0 Å². The molecule has 4 nitrogen and oxygen atoms in total. The molecular weight excluding hydrogens is 311 g/mol. The van der Waals surface area contributed by atoms with E-state index in [1.54, 1.807) is 12.1 Å². The van der Waals surface area contributed by atoms with Gasteiger partial charge in [-0.2, -0.15) is 0 Å². The summed E-state index contributed by atoms with van der Waals surface area (Å²) >= 11 is 1.47. The van der Waals surface area contributed by atoms with E-state index in [1.165, 1.54) is 17.8 Å². The summed E-state index contributed by atoms with van der Waals surface area (Å²) in [6.07, 6.45) is 0. The number of benzene rings is 2. The third-order valence-corrected chi connectivity index (χ3v) is 4.69. The van der Waals surface area contributed by atoms with Crippen LogP contribution in [0.25, 0.3) is 16.7 Å². The maximum absolute atomic E-state index is 13.8. The zero-order chi connectivity index (χ0) is 15.8. The Morgan fingerprint density at radius 2 is 1.83 bits per heavy atom. The molecule has 2 aromatic heterocycles. The molecule has 0 saturated carbocycles. The minimum Gasteiger partial charge on any atom is -0.275 e. The fraction of sp³-hybridized carbons (Fsp3) is 0.118. The predicted octanol–water partition coefficient (Wildman–Crippen LogP) is 4.02. The van der Waals surface area contributed by atoms with Crippen LogP contribution in [0.2, 0.25) is 0 Å². The molecule has 4 aromatic rings. The molecule has 0 amide bonds. The Bertz CT molecular complexity index is 1010. The average Bonchev–Trinajstić information content (AvgIpc) is 2.96. The van der Waals surface area contributed by atoms with E-state index in [0.717, 1.165) is 21.9 Å². The summed E-state index contributed by atoms with van der Waals surface area (Å²) in [6, 6.07) is 14.7. The standard InChI is InChI=1S/C17H13FN4S/c1-11-20-21-16-17(23-10-12-6-2-3-7-13(12)18)19-14-8-4-5-9-15(14)22(11)16/h2-9H,10H2,1H3. The first kappa shape index (κ1) is 14.1. The van der Waals surface area contributed by atoms with Crippen LogP contribution in [-0.4, -0.2) is 19.6 Å². The van der Waals surface area contributed by atoms with Gasteiger partial charge in [0.2, 0.25) is 0 Å². The van der Waals surface area contributed by atoms with E-state index in [4.69, 9.17) is 0 Å². The molecule has 0 aliphatic heterocycles. The molecular formula is C17H13FN4S. The first-order valence-corrected chi connectivity index (χ1v) is 8.19. The van der Waals surface area contributed by atoms with Crippen molar-refractivity contribution >= 4 is 28.4 Å². The Balaban J connectivity index is 1.81. The number of hydrogen-bond donors (Lipinski definition) is 0. The summed E-state index contributed by atoms with van der Waals surface area (Å²) in [5.41, 5.74) is 3.21. The van der Waals surface area contributed by atoms with Crippen LogP contribution in [0.3, 0.4) is 0 Å². The van der Waals surface area contributed by atoms with Crippen LogP contribution in [0.5, 0.6) is 0 Å². The molecule has 0 atom stereocenters. The van der Waals surface area contributed by atoms with Gasteiger partial charge in [-0.15, -0.1) is 10.2 Å². The SMILES string of the molecule is Cc1nnc2c(SCc3ccccc3F)nc3ccccc3n12. The van der Waals surface area contributed by atoms with Gasteiger partial charge in [-0.05, 0) is 30.7 Å². The first-order valence-electron chi connectivity index (χ1n) is 7.21. The van der Waals surface area contributed by atoms with Gasteiger partial charge in [0.25, 0.3) is 0 Å². The lowest BCUT2D eigenvalue weighted by Gasteiger charge is -2.07. The Morgan fingerprint density at radius 3 is 2.70 bits per heavy atom. The summed E-state index contributed by atoms with van der Waals surface area (Å²) in [5.74, 6) is 1.11. The van der Waals surface area contributed by atoms with Gasteiger partial charge in [-0.1, -0.05) is 42.1 Å². The van der Waals surface area contributed by atoms with Gasteiger partial charge in [0.15, 0.2) is 5.65 Å². The van der Waals surface area contributed by atoms with Crippen molar-refractivity contribution in [1.82, 2.24) is 19.6 Å². The zero-order valence-electron chi connectivity index (χ0n) is 12.4. The molecule has 0 aliphatic carbocycles. The fourth-order valence-electron chi connectivity index (χ4n) is 2.55. The van der Waals surface area contributed by atoms with Crippen LogP contribution in [0.4, 0.5) is 4.39 Å². The van der Waals surface area contributed by atoms with Gasteiger partial charge in [0.1, 0.15) is 16.7 Å². The van der Waals surface area contributed by atoms with Crippen LogP contribution in [0.1, 0.15) is 11.4 Å². The minimum atomic E-state index is -0.200. The van der Waals surface area contributed by atoms with Crippen molar-refractivity contribution in [1.29, 1.82) is 0 Å². The third kappa shape index (κ3) is 2.45. The second kappa shape index (κ2) is 5.62. The van der Waals surface area contributed by atoms with Crippen molar-refractivity contribution < 1.29 is 4.39 Å². The fourth-order valence-corrected chi connectivity index (χ4v) is 3.51. The number of para-hydroxylation sites is 2. The second-order valence-electron chi connectivity index (χ2n) is 5.19. The maximum Gasteiger partial charge on any atom is 0.193 e. The van der Waals surface area contributed by atoms with E-state index in [2.05, 4.69) is 15.2 Å². The van der Waals surface area contributed by atoms with E-state index < -0.39 is 0 Å². The molecule has 6 heteroatoms. The number of rotatable bonds is 3. The lowest BCUT2D eigenvalue weighted by Crippen LogP contribution is -1.97. The van der Waals surface area contributed by atoms with E-state index in [0.29, 0.717) is 17.0 Å². The third-order valence-electron chi connectivity index (χ3n) is 3.68. The van der Waals surface area contributed by atoms with Crippen molar-refractivity contribution in [2.45, 2.75) is 17.7 Å². The second-order valence-corrected chi connectivity index (χ2v) is 6.16. The Morgan fingerprint density at radius 1 is 1.04 bits per heavy atom. The molecule has 0 bridgehead atoms.